The second kappa shape index (κ2) is 12.4. The van der Waals surface area contributed by atoms with Gasteiger partial charge >= 0.3 is 0 Å². The van der Waals surface area contributed by atoms with E-state index in [0.29, 0.717) is 23.9 Å². The fourth-order valence-corrected chi connectivity index (χ4v) is 4.21. The van der Waals surface area contributed by atoms with Crippen molar-refractivity contribution in [3.8, 4) is 5.75 Å². The van der Waals surface area contributed by atoms with E-state index in [2.05, 4.69) is 5.32 Å². The number of carbonyl (C=O) groups is 2. The van der Waals surface area contributed by atoms with Crippen LogP contribution in [0.3, 0.4) is 0 Å². The molecule has 0 aliphatic carbocycles. The Balaban J connectivity index is 1.60. The average Bonchev–Trinajstić information content (AvgIpc) is 3.42. The molecule has 0 saturated carbocycles. The van der Waals surface area contributed by atoms with Gasteiger partial charge in [0, 0.05) is 24.7 Å². The predicted molar refractivity (Wildman–Crippen MR) is 135 cm³/mol. The number of ether oxygens (including phenoxy) is 2. The molecule has 182 valence electrons. The van der Waals surface area contributed by atoms with Crippen LogP contribution in [-0.4, -0.2) is 42.6 Å². The minimum atomic E-state index is -0.833. The van der Waals surface area contributed by atoms with Gasteiger partial charge < -0.3 is 19.7 Å². The van der Waals surface area contributed by atoms with Gasteiger partial charge in [-0.3, -0.25) is 9.59 Å². The Morgan fingerprint density at radius 3 is 2.34 bits per heavy atom. The number of amides is 2. The molecule has 0 unspecified atom stereocenters. The highest BCUT2D eigenvalue weighted by molar-refractivity contribution is 6.30. The first-order valence-electron chi connectivity index (χ1n) is 11.8. The number of halogens is 1. The monoisotopic (exact) mass is 492 g/mol. The molecular formula is C28H29ClN2O4. The molecule has 3 aromatic rings. The van der Waals surface area contributed by atoms with Crippen molar-refractivity contribution in [1.82, 2.24) is 10.2 Å². The number of rotatable bonds is 10. The van der Waals surface area contributed by atoms with Gasteiger partial charge in [0.15, 0.2) is 6.61 Å². The molecule has 0 bridgehead atoms. The third kappa shape index (κ3) is 7.07. The molecule has 6 nitrogen and oxygen atoms in total. The van der Waals surface area contributed by atoms with Crippen molar-refractivity contribution >= 4 is 23.4 Å². The van der Waals surface area contributed by atoms with Crippen LogP contribution in [0.2, 0.25) is 5.02 Å². The fourth-order valence-electron chi connectivity index (χ4n) is 4.08. The molecule has 0 radical (unpaired) electrons. The molecule has 0 spiro atoms. The van der Waals surface area contributed by atoms with Gasteiger partial charge in [-0.1, -0.05) is 72.3 Å². The van der Waals surface area contributed by atoms with Gasteiger partial charge in [0.05, 0.1) is 6.10 Å². The van der Waals surface area contributed by atoms with Crippen molar-refractivity contribution in [2.24, 2.45) is 0 Å². The first-order valence-corrected chi connectivity index (χ1v) is 12.1. The van der Waals surface area contributed by atoms with Crippen molar-refractivity contribution in [1.29, 1.82) is 0 Å². The van der Waals surface area contributed by atoms with Gasteiger partial charge in [0.2, 0.25) is 5.91 Å². The summed E-state index contributed by atoms with van der Waals surface area (Å²) in [5.41, 5.74) is 1.58. The molecular weight excluding hydrogens is 464 g/mol. The Labute approximate surface area is 210 Å². The number of hydrogen-bond donors (Lipinski definition) is 1. The van der Waals surface area contributed by atoms with Gasteiger partial charge in [-0.15, -0.1) is 0 Å². The lowest BCUT2D eigenvalue weighted by molar-refractivity contribution is -0.143. The van der Waals surface area contributed by atoms with Crippen molar-refractivity contribution in [3.05, 3.63) is 101 Å². The molecule has 1 heterocycles. The molecule has 1 fully saturated rings. The average molecular weight is 493 g/mol. The zero-order valence-electron chi connectivity index (χ0n) is 19.4. The number of para-hydroxylation sites is 1. The number of carbonyl (C=O) groups excluding carboxylic acids is 2. The summed E-state index contributed by atoms with van der Waals surface area (Å²) >= 11 is 6.06. The lowest BCUT2D eigenvalue weighted by Crippen LogP contribution is -2.46. The van der Waals surface area contributed by atoms with Gasteiger partial charge in [-0.25, -0.2) is 0 Å². The Morgan fingerprint density at radius 1 is 1.00 bits per heavy atom. The number of nitrogens with one attached hydrogen (secondary N) is 1. The zero-order valence-corrected chi connectivity index (χ0v) is 20.2. The SMILES string of the molecule is O=C(NC[C@H]1CCCO1)[C@@H](c1ccccc1)N(Cc1ccc(Cl)cc1)C(=O)COc1ccccc1. The summed E-state index contributed by atoms with van der Waals surface area (Å²) < 4.78 is 11.4. The molecule has 35 heavy (non-hydrogen) atoms. The maximum atomic E-state index is 13.5. The number of hydrogen-bond acceptors (Lipinski definition) is 4. The molecule has 0 aromatic heterocycles. The Hall–Kier alpha value is -3.35. The van der Waals surface area contributed by atoms with Crippen LogP contribution >= 0.6 is 11.6 Å². The molecule has 4 rings (SSSR count). The maximum Gasteiger partial charge on any atom is 0.261 e. The zero-order chi connectivity index (χ0) is 24.5. The number of nitrogens with zero attached hydrogens (tertiary/aromatic N) is 1. The first-order chi connectivity index (χ1) is 17.1. The molecule has 2 amide bonds. The van der Waals surface area contributed by atoms with Gasteiger partial charge in [-0.05, 0) is 48.2 Å². The van der Waals surface area contributed by atoms with Crippen LogP contribution in [0.5, 0.6) is 5.75 Å². The van der Waals surface area contributed by atoms with Crippen LogP contribution in [0, 0.1) is 0 Å². The highest BCUT2D eigenvalue weighted by Crippen LogP contribution is 2.25. The predicted octanol–water partition coefficient (Wildman–Crippen LogP) is 4.78. The summed E-state index contributed by atoms with van der Waals surface area (Å²) in [4.78, 5) is 28.6. The smallest absolute Gasteiger partial charge is 0.261 e. The van der Waals surface area contributed by atoms with Crippen LogP contribution in [0.1, 0.15) is 30.0 Å². The van der Waals surface area contributed by atoms with E-state index in [1.807, 2.05) is 60.7 Å². The van der Waals surface area contributed by atoms with Gasteiger partial charge in [-0.2, -0.15) is 0 Å². The Bertz CT molecular complexity index is 1090. The van der Waals surface area contributed by atoms with Crippen LogP contribution < -0.4 is 10.1 Å². The first kappa shape index (κ1) is 24.8. The van der Waals surface area contributed by atoms with Crippen molar-refractivity contribution in [2.75, 3.05) is 19.8 Å². The minimum absolute atomic E-state index is 0.00259. The van der Waals surface area contributed by atoms with E-state index in [1.165, 1.54) is 0 Å². The summed E-state index contributed by atoms with van der Waals surface area (Å²) in [5.74, 6) is 0.0324. The topological polar surface area (TPSA) is 67.9 Å². The molecule has 2 atom stereocenters. The Kier molecular flexibility index (Phi) is 8.76. The fraction of sp³-hybridized carbons (Fsp3) is 0.286. The second-order valence-electron chi connectivity index (χ2n) is 8.44. The van der Waals surface area contributed by atoms with Gasteiger partial charge in [0.25, 0.3) is 5.91 Å². The molecule has 1 aliphatic heterocycles. The molecule has 1 aliphatic rings. The van der Waals surface area contributed by atoms with Crippen LogP contribution in [0.15, 0.2) is 84.9 Å². The van der Waals surface area contributed by atoms with E-state index in [1.54, 1.807) is 29.2 Å². The van der Waals surface area contributed by atoms with Gasteiger partial charge in [0.1, 0.15) is 11.8 Å². The molecule has 7 heteroatoms. The lowest BCUT2D eigenvalue weighted by atomic mass is 10.0. The highest BCUT2D eigenvalue weighted by Gasteiger charge is 2.32. The van der Waals surface area contributed by atoms with E-state index in [-0.39, 0.29) is 31.1 Å². The van der Waals surface area contributed by atoms with Crippen molar-refractivity contribution < 1.29 is 19.1 Å². The molecule has 3 aromatic carbocycles. The third-order valence-electron chi connectivity index (χ3n) is 5.90. The van der Waals surface area contributed by atoms with Crippen molar-refractivity contribution in [3.63, 3.8) is 0 Å². The molecule has 1 N–H and O–H groups in total. The normalized spacial score (nSPS) is 15.9. The summed E-state index contributed by atoms with van der Waals surface area (Å²) in [5, 5.41) is 3.61. The van der Waals surface area contributed by atoms with E-state index in [9.17, 15) is 9.59 Å². The summed E-state index contributed by atoms with van der Waals surface area (Å²) in [7, 11) is 0. The number of benzene rings is 3. The summed E-state index contributed by atoms with van der Waals surface area (Å²) in [6, 6.07) is 24.9. The van der Waals surface area contributed by atoms with E-state index < -0.39 is 6.04 Å². The van der Waals surface area contributed by atoms with Crippen molar-refractivity contribution in [2.45, 2.75) is 31.5 Å². The molecule has 1 saturated heterocycles. The summed E-state index contributed by atoms with van der Waals surface area (Å²) in [6.07, 6.45) is 1.90. The highest BCUT2D eigenvalue weighted by atomic mass is 35.5. The largest absolute Gasteiger partial charge is 0.484 e. The maximum absolute atomic E-state index is 13.5. The standard InChI is InChI=1S/C28H29ClN2O4/c29-23-15-13-21(14-16-23)19-31(26(32)20-35-24-10-5-2-6-11-24)27(22-8-3-1-4-9-22)28(33)30-18-25-12-7-17-34-25/h1-6,8-11,13-16,25,27H,7,12,17-20H2,(H,30,33)/t25-,27-/m1/s1. The van der Waals surface area contributed by atoms with Crippen LogP contribution in [-0.2, 0) is 20.9 Å². The lowest BCUT2D eigenvalue weighted by Gasteiger charge is -2.32. The third-order valence-corrected chi connectivity index (χ3v) is 6.15. The Morgan fingerprint density at radius 2 is 1.69 bits per heavy atom. The van der Waals surface area contributed by atoms with Crippen LogP contribution in [0.25, 0.3) is 0 Å². The minimum Gasteiger partial charge on any atom is -0.484 e. The van der Waals surface area contributed by atoms with Crippen LogP contribution in [0.4, 0.5) is 0 Å². The van der Waals surface area contributed by atoms with E-state index in [0.717, 1.165) is 24.0 Å². The van der Waals surface area contributed by atoms with E-state index in [4.69, 9.17) is 21.1 Å². The second-order valence-corrected chi connectivity index (χ2v) is 8.88. The van der Waals surface area contributed by atoms with E-state index >= 15 is 0 Å². The quantitative estimate of drug-likeness (QED) is 0.442. The summed E-state index contributed by atoms with van der Waals surface area (Å²) in [6.45, 7) is 1.15.